The first-order chi connectivity index (χ1) is 10.1. The summed E-state index contributed by atoms with van der Waals surface area (Å²) in [5, 5.41) is 0. The highest BCUT2D eigenvalue weighted by Gasteiger charge is 2.32. The van der Waals surface area contributed by atoms with Crippen molar-refractivity contribution in [1.82, 2.24) is 4.90 Å². The molecule has 2 N–H and O–H groups in total. The van der Waals surface area contributed by atoms with Crippen molar-refractivity contribution in [2.45, 2.75) is 38.6 Å². The van der Waals surface area contributed by atoms with Crippen LogP contribution in [0.5, 0.6) is 0 Å². The predicted octanol–water partition coefficient (Wildman–Crippen LogP) is 4.03. The number of halogens is 2. The van der Waals surface area contributed by atoms with E-state index >= 15 is 0 Å². The topological polar surface area (TPSA) is 46.3 Å². The van der Waals surface area contributed by atoms with Crippen LogP contribution in [0.4, 0.5) is 0 Å². The average molecular weight is 465 g/mol. The number of amides is 1. The first-order valence-electron chi connectivity index (χ1n) is 7.54. The Kier molecular flexibility index (Phi) is 6.50. The molecular formula is C16H22BrIN2O. The summed E-state index contributed by atoms with van der Waals surface area (Å²) in [4.78, 5) is 15.0. The molecule has 1 amide bonds. The standard InChI is InChI=1S/C16H22BrIN2O/c1-2-20(15-6-4-3-5-11(15)10-19)16(21)13-9-12(17)7-8-14(13)18/h7-9,11,15H,2-6,10,19H2,1H3. The summed E-state index contributed by atoms with van der Waals surface area (Å²) >= 11 is 5.70. The fourth-order valence-electron chi connectivity index (χ4n) is 3.22. The van der Waals surface area contributed by atoms with E-state index in [0.717, 1.165) is 33.0 Å². The molecule has 0 bridgehead atoms. The zero-order valence-corrected chi connectivity index (χ0v) is 16.1. The first-order valence-corrected chi connectivity index (χ1v) is 9.41. The molecule has 1 aliphatic rings. The minimum atomic E-state index is 0.133. The number of hydrogen-bond acceptors (Lipinski definition) is 2. The van der Waals surface area contributed by atoms with E-state index in [1.807, 2.05) is 23.1 Å². The normalized spacial score (nSPS) is 22.1. The van der Waals surface area contributed by atoms with Gasteiger partial charge in [-0.3, -0.25) is 4.79 Å². The fourth-order valence-corrected chi connectivity index (χ4v) is 4.15. The summed E-state index contributed by atoms with van der Waals surface area (Å²) < 4.78 is 1.95. The molecule has 1 fully saturated rings. The molecule has 0 aromatic heterocycles. The van der Waals surface area contributed by atoms with Gasteiger partial charge in [0.2, 0.25) is 0 Å². The molecule has 2 rings (SSSR count). The maximum atomic E-state index is 13.0. The Morgan fingerprint density at radius 2 is 2.14 bits per heavy atom. The number of benzene rings is 1. The second kappa shape index (κ2) is 7.92. The highest BCUT2D eigenvalue weighted by atomic mass is 127. The Bertz CT molecular complexity index is 509. The Labute approximate surface area is 148 Å². The molecule has 1 aromatic carbocycles. The lowest BCUT2D eigenvalue weighted by Crippen LogP contribution is -2.48. The van der Waals surface area contributed by atoms with Gasteiger partial charge in [0.15, 0.2) is 0 Å². The number of carbonyl (C=O) groups is 1. The highest BCUT2D eigenvalue weighted by Crippen LogP contribution is 2.30. The van der Waals surface area contributed by atoms with Gasteiger partial charge in [-0.2, -0.15) is 0 Å². The van der Waals surface area contributed by atoms with Gasteiger partial charge in [0, 0.05) is 20.6 Å². The van der Waals surface area contributed by atoms with Gasteiger partial charge in [0.25, 0.3) is 5.91 Å². The highest BCUT2D eigenvalue weighted by molar-refractivity contribution is 14.1. The SMILES string of the molecule is CCN(C(=O)c1cc(Br)ccc1I)C1CCCCC1CN. The number of carbonyl (C=O) groups excluding carboxylic acids is 1. The molecule has 0 saturated heterocycles. The van der Waals surface area contributed by atoms with E-state index < -0.39 is 0 Å². The van der Waals surface area contributed by atoms with Crippen molar-refractivity contribution in [3.05, 3.63) is 31.8 Å². The summed E-state index contributed by atoms with van der Waals surface area (Å²) in [6.07, 6.45) is 4.64. The summed E-state index contributed by atoms with van der Waals surface area (Å²) in [6, 6.07) is 6.16. The van der Waals surface area contributed by atoms with Crippen LogP contribution < -0.4 is 5.73 Å². The van der Waals surface area contributed by atoms with Crippen molar-refractivity contribution in [1.29, 1.82) is 0 Å². The molecule has 0 spiro atoms. The second-order valence-corrected chi connectivity index (χ2v) is 7.64. The van der Waals surface area contributed by atoms with Gasteiger partial charge >= 0.3 is 0 Å². The van der Waals surface area contributed by atoms with Gasteiger partial charge in [0.05, 0.1) is 5.56 Å². The van der Waals surface area contributed by atoms with Crippen LogP contribution in [0.25, 0.3) is 0 Å². The minimum Gasteiger partial charge on any atom is -0.336 e. The van der Waals surface area contributed by atoms with Gasteiger partial charge in [0.1, 0.15) is 0 Å². The molecule has 21 heavy (non-hydrogen) atoms. The molecule has 0 radical (unpaired) electrons. The maximum Gasteiger partial charge on any atom is 0.255 e. The van der Waals surface area contributed by atoms with E-state index in [1.54, 1.807) is 0 Å². The number of rotatable bonds is 4. The minimum absolute atomic E-state index is 0.133. The van der Waals surface area contributed by atoms with Gasteiger partial charge < -0.3 is 10.6 Å². The molecule has 2 unspecified atom stereocenters. The lowest BCUT2D eigenvalue weighted by Gasteiger charge is -2.39. The van der Waals surface area contributed by atoms with Crippen LogP contribution in [-0.2, 0) is 0 Å². The smallest absolute Gasteiger partial charge is 0.255 e. The van der Waals surface area contributed by atoms with E-state index in [1.165, 1.54) is 12.8 Å². The van der Waals surface area contributed by atoms with Crippen molar-refractivity contribution in [2.75, 3.05) is 13.1 Å². The average Bonchev–Trinajstić information content (AvgIpc) is 2.50. The first kappa shape index (κ1) is 17.2. The quantitative estimate of drug-likeness (QED) is 0.683. The third-order valence-electron chi connectivity index (χ3n) is 4.33. The van der Waals surface area contributed by atoms with Gasteiger partial charge in [-0.05, 0) is 73.0 Å². The molecule has 116 valence electrons. The molecule has 1 aliphatic carbocycles. The summed E-state index contributed by atoms with van der Waals surface area (Å²) in [6.45, 7) is 3.47. The predicted molar refractivity (Wildman–Crippen MR) is 98.4 cm³/mol. The molecule has 0 aliphatic heterocycles. The van der Waals surface area contributed by atoms with Crippen molar-refractivity contribution >= 4 is 44.4 Å². The van der Waals surface area contributed by atoms with Crippen LogP contribution >= 0.6 is 38.5 Å². The van der Waals surface area contributed by atoms with E-state index in [-0.39, 0.29) is 11.9 Å². The summed E-state index contributed by atoms with van der Waals surface area (Å²) in [5.41, 5.74) is 6.72. The third kappa shape index (κ3) is 3.99. The lowest BCUT2D eigenvalue weighted by molar-refractivity contribution is 0.0559. The Balaban J connectivity index is 2.27. The van der Waals surface area contributed by atoms with Gasteiger partial charge in [-0.1, -0.05) is 28.8 Å². The summed E-state index contributed by atoms with van der Waals surface area (Å²) in [7, 11) is 0. The van der Waals surface area contributed by atoms with Crippen LogP contribution in [0, 0.1) is 9.49 Å². The zero-order chi connectivity index (χ0) is 15.4. The van der Waals surface area contributed by atoms with E-state index in [4.69, 9.17) is 5.73 Å². The number of hydrogen-bond donors (Lipinski definition) is 1. The van der Waals surface area contributed by atoms with Gasteiger partial charge in [-0.25, -0.2) is 0 Å². The van der Waals surface area contributed by atoms with E-state index in [9.17, 15) is 4.79 Å². The lowest BCUT2D eigenvalue weighted by atomic mass is 9.83. The van der Waals surface area contributed by atoms with Crippen molar-refractivity contribution in [2.24, 2.45) is 11.7 Å². The third-order valence-corrected chi connectivity index (χ3v) is 5.77. The molecule has 2 atom stereocenters. The van der Waals surface area contributed by atoms with Crippen LogP contribution in [-0.4, -0.2) is 29.9 Å². The maximum absolute atomic E-state index is 13.0. The number of nitrogens with two attached hydrogens (primary N) is 1. The van der Waals surface area contributed by atoms with Crippen molar-refractivity contribution < 1.29 is 4.79 Å². The Morgan fingerprint density at radius 1 is 1.43 bits per heavy atom. The molecule has 0 heterocycles. The summed E-state index contributed by atoms with van der Waals surface area (Å²) in [5.74, 6) is 0.570. The van der Waals surface area contributed by atoms with Crippen LogP contribution in [0.3, 0.4) is 0 Å². The molecule has 3 nitrogen and oxygen atoms in total. The Morgan fingerprint density at radius 3 is 2.81 bits per heavy atom. The van der Waals surface area contributed by atoms with E-state index in [2.05, 4.69) is 45.4 Å². The van der Waals surface area contributed by atoms with Crippen molar-refractivity contribution in [3.8, 4) is 0 Å². The fraction of sp³-hybridized carbons (Fsp3) is 0.562. The van der Waals surface area contributed by atoms with Crippen LogP contribution in [0.15, 0.2) is 22.7 Å². The second-order valence-electron chi connectivity index (χ2n) is 5.56. The van der Waals surface area contributed by atoms with Crippen molar-refractivity contribution in [3.63, 3.8) is 0 Å². The zero-order valence-electron chi connectivity index (χ0n) is 12.3. The molecular weight excluding hydrogens is 443 g/mol. The molecule has 5 heteroatoms. The number of nitrogens with zero attached hydrogens (tertiary/aromatic N) is 1. The largest absolute Gasteiger partial charge is 0.336 e. The molecule has 1 aromatic rings. The molecule has 1 saturated carbocycles. The van der Waals surface area contributed by atoms with Crippen LogP contribution in [0.1, 0.15) is 43.0 Å². The van der Waals surface area contributed by atoms with E-state index in [0.29, 0.717) is 12.5 Å². The monoisotopic (exact) mass is 464 g/mol. The Hall–Kier alpha value is -0.140. The van der Waals surface area contributed by atoms with Gasteiger partial charge in [-0.15, -0.1) is 0 Å². The van der Waals surface area contributed by atoms with Crippen LogP contribution in [0.2, 0.25) is 0 Å².